The normalized spacial score (nSPS) is 10.7. The van der Waals surface area contributed by atoms with Crippen molar-refractivity contribution < 1.29 is 13.9 Å². The number of hydrogen-bond acceptors (Lipinski definition) is 3. The Bertz CT molecular complexity index is 1300. The van der Waals surface area contributed by atoms with Crippen LogP contribution in [-0.2, 0) is 13.7 Å². The van der Waals surface area contributed by atoms with E-state index >= 15 is 0 Å². The third-order valence-electron chi connectivity index (χ3n) is 4.79. The van der Waals surface area contributed by atoms with Crippen LogP contribution in [0.25, 0.3) is 10.9 Å². The van der Waals surface area contributed by atoms with Crippen LogP contribution in [0, 0.1) is 5.82 Å². The minimum Gasteiger partial charge on any atom is -0.489 e. The summed E-state index contributed by atoms with van der Waals surface area (Å²) in [5, 5.41) is 3.54. The van der Waals surface area contributed by atoms with Gasteiger partial charge in [-0.2, -0.15) is 0 Å². The molecule has 3 aromatic carbocycles. The van der Waals surface area contributed by atoms with Crippen molar-refractivity contribution in [2.24, 2.45) is 7.05 Å². The van der Waals surface area contributed by atoms with E-state index in [0.29, 0.717) is 27.9 Å². The third-order valence-corrected chi connectivity index (χ3v) is 4.79. The van der Waals surface area contributed by atoms with Gasteiger partial charge in [-0.1, -0.05) is 36.4 Å². The van der Waals surface area contributed by atoms with Crippen molar-refractivity contribution in [3.05, 3.63) is 106 Å². The molecule has 4 aromatic rings. The summed E-state index contributed by atoms with van der Waals surface area (Å²) in [6.07, 6.45) is 0. The standard InChI is InChI=1S/C24H19FN2O3/c1-27-22-11-3-2-10-20(22)21(14-23(27)28)24(29)26-18-8-4-6-16(12-18)15-30-19-9-5-7-17(25)13-19/h2-14H,15H2,1H3,(H,26,29). The van der Waals surface area contributed by atoms with Gasteiger partial charge >= 0.3 is 0 Å². The first-order valence-electron chi connectivity index (χ1n) is 9.39. The molecule has 0 saturated heterocycles. The lowest BCUT2D eigenvalue weighted by molar-refractivity contribution is 0.102. The molecule has 0 saturated carbocycles. The van der Waals surface area contributed by atoms with Gasteiger partial charge in [-0.05, 0) is 35.9 Å². The Morgan fingerprint density at radius 3 is 2.63 bits per heavy atom. The summed E-state index contributed by atoms with van der Waals surface area (Å²) >= 11 is 0. The molecule has 0 aliphatic carbocycles. The number of anilines is 1. The van der Waals surface area contributed by atoms with Crippen LogP contribution in [0.3, 0.4) is 0 Å². The first-order chi connectivity index (χ1) is 14.5. The molecule has 0 bridgehead atoms. The van der Waals surface area contributed by atoms with Crippen molar-refractivity contribution in [2.75, 3.05) is 5.32 Å². The van der Waals surface area contributed by atoms with Gasteiger partial charge in [0.15, 0.2) is 0 Å². The predicted octanol–water partition coefficient (Wildman–Crippen LogP) is 4.51. The largest absolute Gasteiger partial charge is 0.489 e. The predicted molar refractivity (Wildman–Crippen MR) is 114 cm³/mol. The van der Waals surface area contributed by atoms with Crippen molar-refractivity contribution in [2.45, 2.75) is 6.61 Å². The number of para-hydroxylation sites is 1. The maximum atomic E-state index is 13.3. The summed E-state index contributed by atoms with van der Waals surface area (Å²) in [5.74, 6) is -0.308. The van der Waals surface area contributed by atoms with Gasteiger partial charge in [0, 0.05) is 30.3 Å². The lowest BCUT2D eigenvalue weighted by Gasteiger charge is -2.12. The molecule has 0 atom stereocenters. The molecule has 6 heteroatoms. The second-order valence-corrected chi connectivity index (χ2v) is 6.87. The van der Waals surface area contributed by atoms with Gasteiger partial charge in [-0.15, -0.1) is 0 Å². The molecule has 0 fully saturated rings. The van der Waals surface area contributed by atoms with E-state index in [9.17, 15) is 14.0 Å². The van der Waals surface area contributed by atoms with Gasteiger partial charge < -0.3 is 14.6 Å². The minimum atomic E-state index is -0.368. The molecular formula is C24H19FN2O3. The van der Waals surface area contributed by atoms with Crippen LogP contribution in [0.15, 0.2) is 83.7 Å². The van der Waals surface area contributed by atoms with Crippen LogP contribution in [0.1, 0.15) is 15.9 Å². The third kappa shape index (κ3) is 4.07. The van der Waals surface area contributed by atoms with E-state index in [0.717, 1.165) is 5.56 Å². The number of pyridine rings is 1. The molecule has 0 radical (unpaired) electrons. The molecule has 1 aromatic heterocycles. The number of halogens is 1. The molecule has 0 unspecified atom stereocenters. The van der Waals surface area contributed by atoms with Crippen LogP contribution in [0.4, 0.5) is 10.1 Å². The number of rotatable bonds is 5. The summed E-state index contributed by atoms with van der Waals surface area (Å²) < 4.78 is 20.4. The van der Waals surface area contributed by atoms with E-state index in [-0.39, 0.29) is 23.9 Å². The number of fused-ring (bicyclic) bond motifs is 1. The molecule has 0 aliphatic rings. The number of benzene rings is 3. The highest BCUT2D eigenvalue weighted by Gasteiger charge is 2.14. The van der Waals surface area contributed by atoms with Gasteiger partial charge in [0.05, 0.1) is 11.1 Å². The smallest absolute Gasteiger partial charge is 0.256 e. The van der Waals surface area contributed by atoms with E-state index < -0.39 is 0 Å². The van der Waals surface area contributed by atoms with Crippen molar-refractivity contribution in [3.63, 3.8) is 0 Å². The van der Waals surface area contributed by atoms with Crippen LogP contribution in [-0.4, -0.2) is 10.5 Å². The molecule has 1 amide bonds. The average Bonchev–Trinajstić information content (AvgIpc) is 2.75. The maximum Gasteiger partial charge on any atom is 0.256 e. The second-order valence-electron chi connectivity index (χ2n) is 6.87. The Balaban J connectivity index is 1.55. The number of nitrogens with one attached hydrogen (secondary N) is 1. The average molecular weight is 402 g/mol. The van der Waals surface area contributed by atoms with E-state index in [2.05, 4.69) is 5.32 Å². The van der Waals surface area contributed by atoms with Crippen molar-refractivity contribution in [1.29, 1.82) is 0 Å². The van der Waals surface area contributed by atoms with E-state index in [1.807, 2.05) is 24.3 Å². The molecule has 30 heavy (non-hydrogen) atoms. The van der Waals surface area contributed by atoms with E-state index in [1.165, 1.54) is 22.8 Å². The molecule has 150 valence electrons. The number of carbonyl (C=O) groups is 1. The number of aromatic nitrogens is 1. The first kappa shape index (κ1) is 19.4. The monoisotopic (exact) mass is 402 g/mol. The van der Waals surface area contributed by atoms with Crippen LogP contribution in [0.5, 0.6) is 5.75 Å². The van der Waals surface area contributed by atoms with Crippen molar-refractivity contribution in [3.8, 4) is 5.75 Å². The molecule has 5 nitrogen and oxygen atoms in total. The summed E-state index contributed by atoms with van der Waals surface area (Å²) in [6, 6.07) is 21.7. The zero-order valence-corrected chi connectivity index (χ0v) is 16.3. The van der Waals surface area contributed by atoms with Crippen molar-refractivity contribution in [1.82, 2.24) is 4.57 Å². The Labute approximate surface area is 172 Å². The fraction of sp³-hybridized carbons (Fsp3) is 0.0833. The lowest BCUT2D eigenvalue weighted by atomic mass is 10.1. The number of aryl methyl sites for hydroxylation is 1. The lowest BCUT2D eigenvalue weighted by Crippen LogP contribution is -2.21. The molecular weight excluding hydrogens is 383 g/mol. The summed E-state index contributed by atoms with van der Waals surface area (Å²) in [6.45, 7) is 0.224. The quantitative estimate of drug-likeness (QED) is 0.534. The summed E-state index contributed by atoms with van der Waals surface area (Å²) in [4.78, 5) is 25.1. The van der Waals surface area contributed by atoms with Gasteiger partial charge in [0.25, 0.3) is 11.5 Å². The zero-order chi connectivity index (χ0) is 21.1. The maximum absolute atomic E-state index is 13.3. The fourth-order valence-electron chi connectivity index (χ4n) is 3.26. The number of carbonyl (C=O) groups excluding carboxylic acids is 1. The van der Waals surface area contributed by atoms with Gasteiger partial charge in [-0.3, -0.25) is 9.59 Å². The molecule has 1 N–H and O–H groups in total. The van der Waals surface area contributed by atoms with Gasteiger partial charge in [0.2, 0.25) is 0 Å². The highest BCUT2D eigenvalue weighted by atomic mass is 19.1. The Morgan fingerprint density at radius 2 is 1.80 bits per heavy atom. The van der Waals surface area contributed by atoms with Crippen molar-refractivity contribution >= 4 is 22.5 Å². The highest BCUT2D eigenvalue weighted by molar-refractivity contribution is 6.12. The van der Waals surface area contributed by atoms with Gasteiger partial charge in [-0.25, -0.2) is 4.39 Å². The van der Waals surface area contributed by atoms with E-state index in [4.69, 9.17) is 4.74 Å². The Kier molecular flexibility index (Phi) is 5.30. The topological polar surface area (TPSA) is 60.3 Å². The minimum absolute atomic E-state index is 0.224. The van der Waals surface area contributed by atoms with E-state index in [1.54, 1.807) is 43.4 Å². The molecule has 0 spiro atoms. The number of hydrogen-bond donors (Lipinski definition) is 1. The first-order valence-corrected chi connectivity index (χ1v) is 9.39. The molecule has 1 heterocycles. The zero-order valence-electron chi connectivity index (χ0n) is 16.3. The van der Waals surface area contributed by atoms with Crippen LogP contribution >= 0.6 is 0 Å². The number of nitrogens with zero attached hydrogens (tertiary/aromatic N) is 1. The molecule has 4 rings (SSSR count). The second kappa shape index (κ2) is 8.21. The van der Waals surface area contributed by atoms with Gasteiger partial charge in [0.1, 0.15) is 18.2 Å². The van der Waals surface area contributed by atoms with Crippen LogP contribution < -0.4 is 15.6 Å². The molecule has 0 aliphatic heterocycles. The number of amides is 1. The summed E-state index contributed by atoms with van der Waals surface area (Å²) in [7, 11) is 1.68. The Hall–Kier alpha value is -3.93. The number of ether oxygens (including phenoxy) is 1. The Morgan fingerprint density at radius 1 is 1.00 bits per heavy atom. The fourth-order valence-corrected chi connectivity index (χ4v) is 3.26. The summed E-state index contributed by atoms with van der Waals surface area (Å²) in [5.41, 5.74) is 2.13. The SMILES string of the molecule is Cn1c(=O)cc(C(=O)Nc2cccc(COc3cccc(F)c3)c2)c2ccccc21. The highest BCUT2D eigenvalue weighted by Crippen LogP contribution is 2.20. The van der Waals surface area contributed by atoms with Crippen LogP contribution in [0.2, 0.25) is 0 Å².